The fourth-order valence-corrected chi connectivity index (χ4v) is 2.14. The molecule has 0 saturated heterocycles. The Kier molecular flexibility index (Phi) is 4.21. The average molecular weight is 289 g/mol. The third kappa shape index (κ3) is 3.97. The smallest absolute Gasteiger partial charge is 0.416 e. The van der Waals surface area contributed by atoms with Gasteiger partial charge in [-0.25, -0.2) is 4.79 Å². The van der Waals surface area contributed by atoms with E-state index in [1.54, 1.807) is 4.90 Å². The summed E-state index contributed by atoms with van der Waals surface area (Å²) < 4.78 is 5.48. The molecule has 5 heteroatoms. The average Bonchev–Trinajstić information content (AvgIpc) is 2.38. The lowest BCUT2D eigenvalue weighted by molar-refractivity contribution is 0.0346. The fraction of sp³-hybridized carbons (Fsp3) is 0.500. The van der Waals surface area contributed by atoms with Crippen molar-refractivity contribution in [3.63, 3.8) is 0 Å². The Morgan fingerprint density at radius 1 is 1.33 bits per heavy atom. The predicted octanol–water partition coefficient (Wildman–Crippen LogP) is 2.90. The first-order valence-electron chi connectivity index (χ1n) is 7.17. The van der Waals surface area contributed by atoms with Crippen molar-refractivity contribution in [3.8, 4) is 0 Å². The van der Waals surface area contributed by atoms with Crippen LogP contribution in [0.3, 0.4) is 0 Å². The molecular weight excluding hydrogens is 266 g/mol. The summed E-state index contributed by atoms with van der Waals surface area (Å²) in [5.74, 6) is 0.970. The van der Waals surface area contributed by atoms with Crippen LogP contribution in [0.1, 0.15) is 33.3 Å². The highest BCUT2D eigenvalue weighted by Crippen LogP contribution is 2.19. The largest absolute Gasteiger partial charge is 0.443 e. The van der Waals surface area contributed by atoms with E-state index in [-0.39, 0.29) is 6.09 Å². The number of aliphatic imine (C=N–C) groups is 1. The van der Waals surface area contributed by atoms with E-state index in [4.69, 9.17) is 10.5 Å². The number of amidine groups is 1. The minimum Gasteiger partial charge on any atom is -0.443 e. The van der Waals surface area contributed by atoms with Crippen molar-refractivity contribution in [2.24, 2.45) is 10.9 Å². The number of rotatable bonds is 1. The van der Waals surface area contributed by atoms with E-state index in [0.717, 1.165) is 5.56 Å². The molecule has 0 fully saturated rings. The molecule has 1 atom stereocenters. The van der Waals surface area contributed by atoms with Crippen LogP contribution in [0.4, 0.5) is 10.5 Å². The molecule has 114 valence electrons. The van der Waals surface area contributed by atoms with Crippen LogP contribution in [0.25, 0.3) is 0 Å². The molecule has 1 aromatic carbocycles. The van der Waals surface area contributed by atoms with Crippen molar-refractivity contribution < 1.29 is 9.53 Å². The second kappa shape index (κ2) is 5.76. The molecule has 0 spiro atoms. The lowest BCUT2D eigenvalue weighted by Gasteiger charge is -2.32. The number of nitrogen functional groups attached to an aromatic ring is 1. The standard InChI is InChI=1S/C16H23N3O2/c1-11-9-18-14(12-5-7-13(17)8-6-12)19(10-11)15(20)21-16(2,3)4/h5-8,11H,9-10,17H2,1-4H3. The molecule has 1 heterocycles. The van der Waals surface area contributed by atoms with Gasteiger partial charge in [0.2, 0.25) is 0 Å². The zero-order valence-corrected chi connectivity index (χ0v) is 13.1. The van der Waals surface area contributed by atoms with Crippen molar-refractivity contribution >= 4 is 17.6 Å². The number of nitrogens with zero attached hydrogens (tertiary/aromatic N) is 2. The van der Waals surface area contributed by atoms with Crippen LogP contribution in [-0.4, -0.2) is 35.5 Å². The highest BCUT2D eigenvalue weighted by atomic mass is 16.6. The Morgan fingerprint density at radius 3 is 2.52 bits per heavy atom. The summed E-state index contributed by atoms with van der Waals surface area (Å²) in [6, 6.07) is 7.37. The van der Waals surface area contributed by atoms with Crippen LogP contribution in [0.2, 0.25) is 0 Å². The van der Waals surface area contributed by atoms with Gasteiger partial charge < -0.3 is 10.5 Å². The molecule has 0 aliphatic carbocycles. The summed E-state index contributed by atoms with van der Waals surface area (Å²) in [6.45, 7) is 8.96. The number of amides is 1. The van der Waals surface area contributed by atoms with Gasteiger partial charge in [0, 0.05) is 24.3 Å². The van der Waals surface area contributed by atoms with Gasteiger partial charge in [0.15, 0.2) is 0 Å². The SMILES string of the molecule is CC1CN=C(c2ccc(N)cc2)N(C(=O)OC(C)(C)C)C1. The second-order valence-electron chi connectivity index (χ2n) is 6.48. The van der Waals surface area contributed by atoms with Crippen LogP contribution < -0.4 is 5.73 Å². The van der Waals surface area contributed by atoms with Crippen molar-refractivity contribution in [1.82, 2.24) is 4.90 Å². The third-order valence-corrected chi connectivity index (χ3v) is 3.09. The van der Waals surface area contributed by atoms with E-state index in [2.05, 4.69) is 11.9 Å². The molecule has 1 aliphatic heterocycles. The molecule has 2 N–H and O–H groups in total. The molecule has 0 saturated carbocycles. The Bertz CT molecular complexity index is 544. The normalized spacial score (nSPS) is 19.1. The number of carbonyl (C=O) groups is 1. The summed E-state index contributed by atoms with van der Waals surface area (Å²) in [5, 5.41) is 0. The first-order chi connectivity index (χ1) is 9.76. The van der Waals surface area contributed by atoms with E-state index in [1.807, 2.05) is 45.0 Å². The first-order valence-corrected chi connectivity index (χ1v) is 7.17. The van der Waals surface area contributed by atoms with Gasteiger partial charge in [-0.2, -0.15) is 0 Å². The second-order valence-corrected chi connectivity index (χ2v) is 6.48. The number of benzene rings is 1. The van der Waals surface area contributed by atoms with E-state index in [9.17, 15) is 4.79 Å². The maximum absolute atomic E-state index is 12.4. The number of hydrogen-bond donors (Lipinski definition) is 1. The zero-order chi connectivity index (χ0) is 15.6. The molecular formula is C16H23N3O2. The van der Waals surface area contributed by atoms with Crippen LogP contribution in [0, 0.1) is 5.92 Å². The molecule has 1 amide bonds. The molecule has 1 unspecified atom stereocenters. The maximum atomic E-state index is 12.4. The summed E-state index contributed by atoms with van der Waals surface area (Å²) in [5.41, 5.74) is 6.75. The molecule has 5 nitrogen and oxygen atoms in total. The van der Waals surface area contributed by atoms with Crippen molar-refractivity contribution in [2.45, 2.75) is 33.3 Å². The Hall–Kier alpha value is -2.04. The molecule has 0 bridgehead atoms. The van der Waals surface area contributed by atoms with E-state index in [0.29, 0.717) is 30.5 Å². The van der Waals surface area contributed by atoms with Gasteiger partial charge in [-0.15, -0.1) is 0 Å². The number of carbonyl (C=O) groups excluding carboxylic acids is 1. The minimum absolute atomic E-state index is 0.315. The predicted molar refractivity (Wildman–Crippen MR) is 84.4 cm³/mol. The maximum Gasteiger partial charge on any atom is 0.416 e. The number of hydrogen-bond acceptors (Lipinski definition) is 4. The van der Waals surface area contributed by atoms with E-state index in [1.165, 1.54) is 0 Å². The molecule has 1 aromatic rings. The third-order valence-electron chi connectivity index (χ3n) is 3.09. The number of ether oxygens (including phenoxy) is 1. The van der Waals surface area contributed by atoms with Crippen molar-refractivity contribution in [2.75, 3.05) is 18.8 Å². The molecule has 2 rings (SSSR count). The van der Waals surface area contributed by atoms with Crippen molar-refractivity contribution in [3.05, 3.63) is 29.8 Å². The lowest BCUT2D eigenvalue weighted by Crippen LogP contribution is -2.46. The monoisotopic (exact) mass is 289 g/mol. The Balaban J connectivity index is 2.28. The molecule has 0 radical (unpaired) electrons. The van der Waals surface area contributed by atoms with Crippen LogP contribution in [0.15, 0.2) is 29.3 Å². The topological polar surface area (TPSA) is 67.9 Å². The first kappa shape index (κ1) is 15.4. The fourth-order valence-electron chi connectivity index (χ4n) is 2.14. The molecule has 1 aliphatic rings. The minimum atomic E-state index is -0.524. The van der Waals surface area contributed by atoms with Gasteiger partial charge in [-0.05, 0) is 51.0 Å². The van der Waals surface area contributed by atoms with E-state index < -0.39 is 5.60 Å². The number of nitrogens with two attached hydrogens (primary N) is 1. The quantitative estimate of drug-likeness (QED) is 0.808. The van der Waals surface area contributed by atoms with Crippen molar-refractivity contribution in [1.29, 1.82) is 0 Å². The highest BCUT2D eigenvalue weighted by Gasteiger charge is 2.30. The molecule has 21 heavy (non-hydrogen) atoms. The summed E-state index contributed by atoms with van der Waals surface area (Å²) in [6.07, 6.45) is -0.357. The highest BCUT2D eigenvalue weighted by molar-refractivity contribution is 6.07. The van der Waals surface area contributed by atoms with Gasteiger partial charge in [-0.3, -0.25) is 9.89 Å². The number of anilines is 1. The summed E-state index contributed by atoms with van der Waals surface area (Å²) >= 11 is 0. The van der Waals surface area contributed by atoms with Gasteiger partial charge in [0.1, 0.15) is 11.4 Å². The van der Waals surface area contributed by atoms with Gasteiger partial charge in [0.05, 0.1) is 0 Å². The van der Waals surface area contributed by atoms with Gasteiger partial charge in [-0.1, -0.05) is 6.92 Å². The molecule has 0 aromatic heterocycles. The Morgan fingerprint density at radius 2 is 1.95 bits per heavy atom. The van der Waals surface area contributed by atoms with Gasteiger partial charge >= 0.3 is 6.09 Å². The lowest BCUT2D eigenvalue weighted by atomic mass is 10.1. The van der Waals surface area contributed by atoms with Gasteiger partial charge in [0.25, 0.3) is 0 Å². The van der Waals surface area contributed by atoms with Crippen LogP contribution in [-0.2, 0) is 4.74 Å². The van der Waals surface area contributed by atoms with Crippen LogP contribution in [0.5, 0.6) is 0 Å². The zero-order valence-electron chi connectivity index (χ0n) is 13.1. The van der Waals surface area contributed by atoms with E-state index >= 15 is 0 Å². The summed E-state index contributed by atoms with van der Waals surface area (Å²) in [4.78, 5) is 18.6. The Labute approximate surface area is 125 Å². The summed E-state index contributed by atoms with van der Waals surface area (Å²) in [7, 11) is 0. The van der Waals surface area contributed by atoms with Crippen LogP contribution >= 0.6 is 0 Å².